The number of rotatable bonds is 9. The summed E-state index contributed by atoms with van der Waals surface area (Å²) in [6, 6.07) is 0. The minimum absolute atomic E-state index is 0.122. The highest BCUT2D eigenvalue weighted by atomic mass is 16.2. The molecule has 0 atom stereocenters. The van der Waals surface area contributed by atoms with Gasteiger partial charge in [0.15, 0.2) is 0 Å². The first-order valence-electron chi connectivity index (χ1n) is 10.8. The number of hydrogen-bond acceptors (Lipinski definition) is 6. The fraction of sp³-hybridized carbons (Fsp3) is 0.429. The van der Waals surface area contributed by atoms with Gasteiger partial charge in [0.05, 0.1) is 39.0 Å². The summed E-state index contributed by atoms with van der Waals surface area (Å²) in [6.45, 7) is 1.94. The first-order valence-corrected chi connectivity index (χ1v) is 10.8. The van der Waals surface area contributed by atoms with E-state index in [1.54, 1.807) is 70.9 Å². The van der Waals surface area contributed by atoms with Gasteiger partial charge >= 0.3 is 0 Å². The summed E-state index contributed by atoms with van der Waals surface area (Å²) in [7, 11) is 0. The molecule has 1 fully saturated rings. The molecule has 174 valence electrons. The van der Waals surface area contributed by atoms with E-state index in [9.17, 15) is 14.4 Å². The molecule has 33 heavy (non-hydrogen) atoms. The summed E-state index contributed by atoms with van der Waals surface area (Å²) in [5.74, 6) is -0.366. The van der Waals surface area contributed by atoms with Crippen LogP contribution < -0.4 is 0 Å². The number of aryl methyl sites for hydroxylation is 3. The smallest absolute Gasteiger partial charge is 0.227 e. The van der Waals surface area contributed by atoms with Crippen molar-refractivity contribution < 1.29 is 14.4 Å². The van der Waals surface area contributed by atoms with Gasteiger partial charge in [0.25, 0.3) is 0 Å². The summed E-state index contributed by atoms with van der Waals surface area (Å²) >= 11 is 0. The first kappa shape index (κ1) is 22.2. The third kappa shape index (κ3) is 6.05. The molecule has 0 saturated carbocycles. The van der Waals surface area contributed by atoms with Crippen LogP contribution in [0.4, 0.5) is 0 Å². The van der Waals surface area contributed by atoms with E-state index in [0.29, 0.717) is 19.6 Å². The molecule has 1 aliphatic rings. The zero-order valence-corrected chi connectivity index (χ0v) is 18.3. The van der Waals surface area contributed by atoms with Gasteiger partial charge in [0.2, 0.25) is 17.7 Å². The van der Waals surface area contributed by atoms with Crippen molar-refractivity contribution in [3.63, 3.8) is 0 Å². The molecule has 1 saturated heterocycles. The average molecular weight is 454 g/mol. The molecule has 0 bridgehead atoms. The summed E-state index contributed by atoms with van der Waals surface area (Å²) in [5.41, 5.74) is 0. The number of nitrogens with zero attached hydrogens (tertiary/aromatic N) is 9. The van der Waals surface area contributed by atoms with Crippen molar-refractivity contribution in [2.45, 2.75) is 38.9 Å². The normalized spacial score (nSPS) is 14.0. The van der Waals surface area contributed by atoms with Gasteiger partial charge in [-0.25, -0.2) is 15.0 Å². The minimum atomic E-state index is -0.122. The molecule has 1 aliphatic heterocycles. The summed E-state index contributed by atoms with van der Waals surface area (Å²) in [4.78, 5) is 55.4. The molecule has 0 aromatic carbocycles. The lowest BCUT2D eigenvalue weighted by atomic mass is 10.3. The van der Waals surface area contributed by atoms with Gasteiger partial charge < -0.3 is 28.4 Å². The standard InChI is InChI=1S/C21H27N9O3/c31-19(1-7-25-10-4-22-13-25)28-16-29(20(32)2-8-26-11-5-23-14-26)18-30(17-28)21(33)3-9-27-12-6-24-15-27/h4-6,10-15H,1-3,7-9,16-18H2. The lowest BCUT2D eigenvalue weighted by Gasteiger charge is -2.42. The molecular weight excluding hydrogens is 426 g/mol. The summed E-state index contributed by atoms with van der Waals surface area (Å²) < 4.78 is 5.47. The Morgan fingerprint density at radius 2 is 0.848 bits per heavy atom. The van der Waals surface area contributed by atoms with Crippen molar-refractivity contribution in [3.05, 3.63) is 56.2 Å². The Labute approximate surface area is 191 Å². The molecule has 0 N–H and O–H groups in total. The second kappa shape index (κ2) is 10.6. The van der Waals surface area contributed by atoms with Gasteiger partial charge in [0.1, 0.15) is 0 Å². The first-order chi connectivity index (χ1) is 16.1. The number of carbonyl (C=O) groups excluding carboxylic acids is 3. The van der Waals surface area contributed by atoms with Crippen LogP contribution in [0.1, 0.15) is 19.3 Å². The molecule has 4 rings (SSSR count). The third-order valence-corrected chi connectivity index (χ3v) is 5.51. The van der Waals surface area contributed by atoms with E-state index in [0.717, 1.165) is 0 Å². The number of amides is 3. The van der Waals surface area contributed by atoms with Crippen molar-refractivity contribution in [1.82, 2.24) is 43.4 Å². The Bertz CT molecular complexity index is 892. The van der Waals surface area contributed by atoms with Crippen LogP contribution in [0.15, 0.2) is 56.2 Å². The van der Waals surface area contributed by atoms with Gasteiger partial charge in [-0.05, 0) is 0 Å². The molecule has 3 aromatic heterocycles. The zero-order chi connectivity index (χ0) is 23.0. The molecular formula is C21H27N9O3. The highest BCUT2D eigenvalue weighted by molar-refractivity contribution is 5.82. The third-order valence-electron chi connectivity index (χ3n) is 5.51. The maximum absolute atomic E-state index is 12.9. The molecule has 3 aromatic rings. The molecule has 12 heteroatoms. The van der Waals surface area contributed by atoms with E-state index >= 15 is 0 Å². The van der Waals surface area contributed by atoms with Gasteiger partial charge in [-0.3, -0.25) is 14.4 Å². The van der Waals surface area contributed by atoms with E-state index in [-0.39, 0.29) is 57.0 Å². The summed E-state index contributed by atoms with van der Waals surface area (Å²) in [6.07, 6.45) is 16.1. The van der Waals surface area contributed by atoms with Crippen LogP contribution in [0, 0.1) is 0 Å². The highest BCUT2D eigenvalue weighted by Crippen LogP contribution is 2.13. The number of hydrogen-bond donors (Lipinski definition) is 0. The highest BCUT2D eigenvalue weighted by Gasteiger charge is 2.31. The fourth-order valence-corrected chi connectivity index (χ4v) is 3.63. The minimum Gasteiger partial charge on any atom is -0.337 e. The van der Waals surface area contributed by atoms with E-state index in [1.807, 2.05) is 13.7 Å². The van der Waals surface area contributed by atoms with Crippen molar-refractivity contribution in [1.29, 1.82) is 0 Å². The topological polar surface area (TPSA) is 114 Å². The number of carbonyl (C=O) groups is 3. The Balaban J connectivity index is 1.39. The van der Waals surface area contributed by atoms with Crippen LogP contribution in [-0.4, -0.2) is 81.1 Å². The predicted octanol–water partition coefficient (Wildman–Crippen LogP) is 0.219. The average Bonchev–Trinajstić information content (AvgIpc) is 3.63. The van der Waals surface area contributed by atoms with Crippen molar-refractivity contribution in [3.8, 4) is 0 Å². The Kier molecular flexibility index (Phi) is 7.12. The molecule has 12 nitrogen and oxygen atoms in total. The largest absolute Gasteiger partial charge is 0.337 e. The predicted molar refractivity (Wildman–Crippen MR) is 116 cm³/mol. The van der Waals surface area contributed by atoms with Gasteiger partial charge in [-0.15, -0.1) is 0 Å². The van der Waals surface area contributed by atoms with Gasteiger partial charge in [-0.2, -0.15) is 0 Å². The molecule has 0 spiro atoms. The van der Waals surface area contributed by atoms with Crippen molar-refractivity contribution in [2.24, 2.45) is 0 Å². The number of aromatic nitrogens is 6. The van der Waals surface area contributed by atoms with Crippen molar-refractivity contribution >= 4 is 17.7 Å². The molecule has 4 heterocycles. The maximum Gasteiger partial charge on any atom is 0.227 e. The lowest BCUT2D eigenvalue weighted by Crippen LogP contribution is -2.59. The van der Waals surface area contributed by atoms with E-state index in [1.165, 1.54) is 0 Å². The quantitative estimate of drug-likeness (QED) is 0.458. The van der Waals surface area contributed by atoms with Crippen LogP contribution in [-0.2, 0) is 34.0 Å². The second-order valence-electron chi connectivity index (χ2n) is 7.88. The SMILES string of the molecule is O=C(CCn1ccnc1)N1CN(C(=O)CCn2ccnc2)CN(C(=O)CCn2ccnc2)C1. The van der Waals surface area contributed by atoms with Crippen molar-refractivity contribution in [2.75, 3.05) is 20.0 Å². The Hall–Kier alpha value is -3.96. The molecule has 3 amide bonds. The van der Waals surface area contributed by atoms with Gasteiger partial charge in [-0.1, -0.05) is 0 Å². The Morgan fingerprint density at radius 3 is 1.09 bits per heavy atom. The van der Waals surface area contributed by atoms with Crippen LogP contribution in [0.3, 0.4) is 0 Å². The lowest BCUT2D eigenvalue weighted by molar-refractivity contribution is -0.158. The molecule has 0 aliphatic carbocycles. The van der Waals surface area contributed by atoms with Crippen LogP contribution in [0.25, 0.3) is 0 Å². The van der Waals surface area contributed by atoms with Crippen LogP contribution in [0.2, 0.25) is 0 Å². The van der Waals surface area contributed by atoms with E-state index in [4.69, 9.17) is 0 Å². The van der Waals surface area contributed by atoms with Crippen LogP contribution in [0.5, 0.6) is 0 Å². The fourth-order valence-electron chi connectivity index (χ4n) is 3.63. The monoisotopic (exact) mass is 453 g/mol. The zero-order valence-electron chi connectivity index (χ0n) is 18.3. The molecule has 0 radical (unpaired) electrons. The number of imidazole rings is 3. The van der Waals surface area contributed by atoms with Gasteiger partial charge in [0, 0.05) is 76.1 Å². The van der Waals surface area contributed by atoms with E-state index < -0.39 is 0 Å². The van der Waals surface area contributed by atoms with E-state index in [2.05, 4.69) is 15.0 Å². The Morgan fingerprint density at radius 1 is 0.545 bits per heavy atom. The summed E-state index contributed by atoms with van der Waals surface area (Å²) in [5, 5.41) is 0. The molecule has 0 unspecified atom stereocenters. The second-order valence-corrected chi connectivity index (χ2v) is 7.88. The van der Waals surface area contributed by atoms with Crippen LogP contribution >= 0.6 is 0 Å². The maximum atomic E-state index is 12.9.